The fraction of sp³-hybridized carbons (Fsp3) is 0.500. The van der Waals surface area contributed by atoms with E-state index in [1.807, 2.05) is 11.4 Å². The fourth-order valence-corrected chi connectivity index (χ4v) is 3.12. The summed E-state index contributed by atoms with van der Waals surface area (Å²) >= 11 is 0. The second-order valence-corrected chi connectivity index (χ2v) is 7.88. The van der Waals surface area contributed by atoms with E-state index in [2.05, 4.69) is 10.6 Å². The van der Waals surface area contributed by atoms with Gasteiger partial charge in [0, 0.05) is 0 Å². The van der Waals surface area contributed by atoms with Crippen molar-refractivity contribution >= 4 is 29.7 Å². The zero-order chi connectivity index (χ0) is 26.4. The number of amides is 3. The number of aliphatic carboxylic acids is 2. The van der Waals surface area contributed by atoms with E-state index in [0.717, 1.165) is 5.56 Å². The minimum absolute atomic E-state index is 0.141. The summed E-state index contributed by atoms with van der Waals surface area (Å²) in [6.07, 6.45) is 0.496. The molecule has 35 heavy (non-hydrogen) atoms. The lowest BCUT2D eigenvalue weighted by Gasteiger charge is -2.24. The van der Waals surface area contributed by atoms with Crippen LogP contribution in [0.2, 0.25) is 0 Å². The Kier molecular flexibility index (Phi) is 12.9. The Morgan fingerprint density at radius 2 is 1.40 bits per heavy atom. The zero-order valence-electron chi connectivity index (χ0n) is 19.2. The normalized spacial score (nSPS) is 14.1. The predicted octanol–water partition coefficient (Wildman–Crippen LogP) is -2.31. The van der Waals surface area contributed by atoms with Crippen molar-refractivity contribution < 1.29 is 39.3 Å². The van der Waals surface area contributed by atoms with Crippen molar-refractivity contribution in [2.45, 2.75) is 56.3 Å². The Bertz CT molecular complexity index is 867. The van der Waals surface area contributed by atoms with Crippen LogP contribution in [-0.4, -0.2) is 82.3 Å². The van der Waals surface area contributed by atoms with Crippen LogP contribution >= 0.6 is 0 Å². The van der Waals surface area contributed by atoms with Crippen LogP contribution in [0.15, 0.2) is 30.3 Å². The number of carbonyl (C=O) groups excluding carboxylic acids is 3. The number of hydrogen-bond donors (Lipinski definition) is 8. The molecule has 0 heterocycles. The van der Waals surface area contributed by atoms with Crippen molar-refractivity contribution in [1.29, 1.82) is 0 Å². The summed E-state index contributed by atoms with van der Waals surface area (Å²) in [7, 11) is 0. The highest BCUT2D eigenvalue weighted by Crippen LogP contribution is 2.06. The van der Waals surface area contributed by atoms with Crippen molar-refractivity contribution in [3.8, 4) is 0 Å². The number of aliphatic hydroxyl groups excluding tert-OH is 1. The van der Waals surface area contributed by atoms with Crippen LogP contribution in [0.4, 0.5) is 0 Å². The molecule has 0 aliphatic rings. The van der Waals surface area contributed by atoms with Crippen molar-refractivity contribution in [2.24, 2.45) is 11.5 Å². The molecule has 13 nitrogen and oxygen atoms in total. The Morgan fingerprint density at radius 1 is 0.829 bits per heavy atom. The Labute approximate surface area is 202 Å². The predicted molar refractivity (Wildman–Crippen MR) is 124 cm³/mol. The van der Waals surface area contributed by atoms with Crippen LogP contribution in [0.25, 0.3) is 0 Å². The van der Waals surface area contributed by atoms with Crippen LogP contribution < -0.4 is 27.4 Å². The molecule has 1 aromatic carbocycles. The lowest BCUT2D eigenvalue weighted by atomic mass is 10.0. The molecule has 1 rings (SSSR count). The molecule has 0 bridgehead atoms. The third-order valence-corrected chi connectivity index (χ3v) is 5.02. The maximum absolute atomic E-state index is 12.9. The van der Waals surface area contributed by atoms with Crippen molar-refractivity contribution in [2.75, 3.05) is 13.2 Å². The van der Waals surface area contributed by atoms with E-state index in [0.29, 0.717) is 19.4 Å². The third-order valence-electron chi connectivity index (χ3n) is 5.02. The fourth-order valence-electron chi connectivity index (χ4n) is 3.12. The lowest BCUT2D eigenvalue weighted by molar-refractivity contribution is -0.144. The van der Waals surface area contributed by atoms with Gasteiger partial charge in [-0.25, -0.2) is 4.79 Å². The monoisotopic (exact) mass is 495 g/mol. The topological polar surface area (TPSA) is 234 Å². The second-order valence-electron chi connectivity index (χ2n) is 7.88. The number of carboxylic acid groups (broad SMARTS) is 2. The first-order chi connectivity index (χ1) is 16.6. The molecule has 4 atom stereocenters. The Hall–Kier alpha value is -3.55. The highest BCUT2D eigenvalue weighted by molar-refractivity contribution is 5.95. The van der Waals surface area contributed by atoms with Gasteiger partial charge in [-0.15, -0.1) is 0 Å². The van der Waals surface area contributed by atoms with E-state index in [4.69, 9.17) is 26.8 Å². The van der Waals surface area contributed by atoms with E-state index >= 15 is 0 Å². The van der Waals surface area contributed by atoms with Gasteiger partial charge in [0.15, 0.2) is 0 Å². The number of benzene rings is 1. The minimum Gasteiger partial charge on any atom is -0.481 e. The first kappa shape index (κ1) is 29.5. The van der Waals surface area contributed by atoms with E-state index in [1.165, 1.54) is 0 Å². The van der Waals surface area contributed by atoms with Gasteiger partial charge in [-0.2, -0.15) is 0 Å². The largest absolute Gasteiger partial charge is 0.481 e. The minimum atomic E-state index is -1.69. The SMILES string of the molecule is NCCCCC(NC(=O)C(N)Cc1ccccc1)C(=O)NC(CC(=O)O)C(=O)NC(CO)C(=O)O. The molecule has 0 saturated heterocycles. The molecule has 0 spiro atoms. The standard InChI is InChI=1S/C22H33N5O8/c23-9-5-4-8-15(25-19(31)14(24)10-13-6-2-1-3-7-13)20(32)26-16(11-18(29)30)21(33)27-17(12-28)22(34)35/h1-3,6-7,14-17,28H,4-5,8-12,23-24H2,(H,25,31)(H,26,32)(H,27,33)(H,29,30)(H,34,35). The quantitative estimate of drug-likeness (QED) is 0.114. The molecule has 0 aromatic heterocycles. The molecule has 194 valence electrons. The average Bonchev–Trinajstić information content (AvgIpc) is 2.81. The van der Waals surface area contributed by atoms with Crippen molar-refractivity contribution in [1.82, 2.24) is 16.0 Å². The number of aliphatic hydroxyl groups is 1. The van der Waals surface area contributed by atoms with Crippen LogP contribution in [-0.2, 0) is 30.4 Å². The summed E-state index contributed by atoms with van der Waals surface area (Å²) < 4.78 is 0. The van der Waals surface area contributed by atoms with Crippen LogP contribution in [0.3, 0.4) is 0 Å². The van der Waals surface area contributed by atoms with Gasteiger partial charge in [-0.05, 0) is 37.8 Å². The van der Waals surface area contributed by atoms with Gasteiger partial charge in [-0.1, -0.05) is 30.3 Å². The number of rotatable bonds is 16. The molecule has 0 radical (unpaired) electrons. The lowest BCUT2D eigenvalue weighted by Crippen LogP contribution is -2.58. The van der Waals surface area contributed by atoms with Gasteiger partial charge in [0.1, 0.15) is 18.1 Å². The van der Waals surface area contributed by atoms with Gasteiger partial charge in [-0.3, -0.25) is 19.2 Å². The molecule has 3 amide bonds. The maximum atomic E-state index is 12.9. The molecular weight excluding hydrogens is 462 g/mol. The molecule has 4 unspecified atom stereocenters. The Balaban J connectivity index is 2.94. The van der Waals surface area contributed by atoms with E-state index in [1.54, 1.807) is 24.3 Å². The van der Waals surface area contributed by atoms with E-state index in [9.17, 15) is 24.0 Å². The van der Waals surface area contributed by atoms with Gasteiger partial charge < -0.3 is 42.7 Å². The first-order valence-corrected chi connectivity index (χ1v) is 11.0. The smallest absolute Gasteiger partial charge is 0.328 e. The molecule has 1 aromatic rings. The summed E-state index contributed by atoms with van der Waals surface area (Å²) in [4.78, 5) is 60.2. The zero-order valence-corrected chi connectivity index (χ0v) is 19.2. The molecule has 0 aliphatic carbocycles. The average molecular weight is 496 g/mol. The van der Waals surface area contributed by atoms with Gasteiger partial charge in [0.05, 0.1) is 19.1 Å². The Morgan fingerprint density at radius 3 is 1.94 bits per heavy atom. The van der Waals surface area contributed by atoms with E-state index < -0.39 is 66.9 Å². The molecule has 13 heteroatoms. The van der Waals surface area contributed by atoms with Crippen LogP contribution in [0.1, 0.15) is 31.2 Å². The summed E-state index contributed by atoms with van der Waals surface area (Å²) in [5.74, 6) is -5.56. The van der Waals surface area contributed by atoms with Crippen molar-refractivity contribution in [3.63, 3.8) is 0 Å². The molecular formula is C22H33N5O8. The van der Waals surface area contributed by atoms with Gasteiger partial charge in [0.2, 0.25) is 17.7 Å². The molecule has 0 fully saturated rings. The summed E-state index contributed by atoms with van der Waals surface area (Å²) in [6, 6.07) is 3.54. The van der Waals surface area contributed by atoms with Crippen molar-refractivity contribution in [3.05, 3.63) is 35.9 Å². The van der Waals surface area contributed by atoms with Gasteiger partial charge >= 0.3 is 11.9 Å². The molecule has 0 aliphatic heterocycles. The van der Waals surface area contributed by atoms with Crippen LogP contribution in [0, 0.1) is 0 Å². The number of nitrogens with two attached hydrogens (primary N) is 2. The number of unbranched alkanes of at least 4 members (excludes halogenated alkanes) is 1. The molecule has 10 N–H and O–H groups in total. The second kappa shape index (κ2) is 15.4. The number of carbonyl (C=O) groups is 5. The highest BCUT2D eigenvalue weighted by atomic mass is 16.4. The third kappa shape index (κ3) is 10.9. The summed E-state index contributed by atoms with van der Waals surface area (Å²) in [5.41, 5.74) is 12.3. The van der Waals surface area contributed by atoms with Gasteiger partial charge in [0.25, 0.3) is 0 Å². The number of carboxylic acids is 2. The highest BCUT2D eigenvalue weighted by Gasteiger charge is 2.31. The summed E-state index contributed by atoms with van der Waals surface area (Å²) in [5, 5.41) is 33.9. The number of nitrogens with one attached hydrogen (secondary N) is 3. The van der Waals surface area contributed by atoms with Crippen LogP contribution in [0.5, 0.6) is 0 Å². The van der Waals surface area contributed by atoms with E-state index in [-0.39, 0.29) is 12.8 Å². The maximum Gasteiger partial charge on any atom is 0.328 e. The molecule has 0 saturated carbocycles. The first-order valence-electron chi connectivity index (χ1n) is 11.0. The number of hydrogen-bond acceptors (Lipinski definition) is 8. The summed E-state index contributed by atoms with van der Waals surface area (Å²) in [6.45, 7) is -0.594.